The van der Waals surface area contributed by atoms with Crippen molar-refractivity contribution in [3.05, 3.63) is 30.8 Å². The van der Waals surface area contributed by atoms with E-state index in [1.807, 2.05) is 12.1 Å². The second-order valence-corrected chi connectivity index (χ2v) is 1.96. The first kappa shape index (κ1) is 5.29. The lowest BCUT2D eigenvalue weighted by atomic mass is 10.3. The minimum Gasteiger partial charge on any atom is -0.464 e. The van der Waals surface area contributed by atoms with E-state index in [0.29, 0.717) is 0 Å². The van der Waals surface area contributed by atoms with Crippen LogP contribution in [-0.4, -0.2) is 10.2 Å². The fraction of sp³-hybridized carbons (Fsp3) is 0. The summed E-state index contributed by atoms with van der Waals surface area (Å²) in [5.41, 5.74) is 0.977. The fourth-order valence-corrected chi connectivity index (χ4v) is 0.828. The zero-order chi connectivity index (χ0) is 6.81. The lowest BCUT2D eigenvalue weighted by molar-refractivity contribution is 0.582. The number of H-pyrrole nitrogens is 1. The van der Waals surface area contributed by atoms with E-state index < -0.39 is 0 Å². The van der Waals surface area contributed by atoms with Gasteiger partial charge in [-0.1, -0.05) is 0 Å². The van der Waals surface area contributed by atoms with Crippen LogP contribution in [-0.2, 0) is 0 Å². The molecule has 3 heteroatoms. The molecule has 0 aliphatic carbocycles. The molecule has 2 rings (SSSR count). The molecule has 2 heterocycles. The lowest BCUT2D eigenvalue weighted by Crippen LogP contribution is -1.62. The summed E-state index contributed by atoms with van der Waals surface area (Å²) in [5, 5.41) is 6.50. The molecule has 10 heavy (non-hydrogen) atoms. The van der Waals surface area contributed by atoms with Crippen molar-refractivity contribution in [1.82, 2.24) is 10.2 Å². The molecular formula is C7H6N2O. The Kier molecular flexibility index (Phi) is 1.07. The van der Waals surface area contributed by atoms with Crippen molar-refractivity contribution in [3.63, 3.8) is 0 Å². The Morgan fingerprint density at radius 2 is 2.50 bits per heavy atom. The molecule has 2 aromatic heterocycles. The molecule has 3 nitrogen and oxygen atoms in total. The van der Waals surface area contributed by atoms with Gasteiger partial charge in [-0.15, -0.1) is 0 Å². The van der Waals surface area contributed by atoms with Crippen molar-refractivity contribution in [3.8, 4) is 11.3 Å². The van der Waals surface area contributed by atoms with Crippen molar-refractivity contribution < 1.29 is 4.42 Å². The van der Waals surface area contributed by atoms with Crippen molar-refractivity contribution in [1.29, 1.82) is 0 Å². The van der Waals surface area contributed by atoms with Crippen molar-refractivity contribution in [2.45, 2.75) is 0 Å². The molecule has 0 bridgehead atoms. The average molecular weight is 134 g/mol. The highest BCUT2D eigenvalue weighted by Gasteiger charge is 1.98. The quantitative estimate of drug-likeness (QED) is 0.644. The number of hydrogen-bond acceptors (Lipinski definition) is 2. The van der Waals surface area contributed by atoms with Gasteiger partial charge in [0, 0.05) is 6.20 Å². The molecule has 0 unspecified atom stereocenters. The molecule has 0 saturated carbocycles. The molecular weight excluding hydrogens is 128 g/mol. The van der Waals surface area contributed by atoms with Gasteiger partial charge < -0.3 is 4.42 Å². The van der Waals surface area contributed by atoms with E-state index in [2.05, 4.69) is 10.2 Å². The van der Waals surface area contributed by atoms with Crippen LogP contribution < -0.4 is 0 Å². The Bertz CT molecular complexity index is 251. The monoisotopic (exact) mass is 134 g/mol. The van der Waals surface area contributed by atoms with Gasteiger partial charge in [0.15, 0.2) is 0 Å². The largest absolute Gasteiger partial charge is 0.464 e. The Morgan fingerprint density at radius 1 is 1.50 bits per heavy atom. The number of nitrogens with zero attached hydrogens (tertiary/aromatic N) is 1. The van der Waals surface area contributed by atoms with Gasteiger partial charge in [-0.3, -0.25) is 5.10 Å². The van der Waals surface area contributed by atoms with E-state index in [-0.39, 0.29) is 0 Å². The predicted octanol–water partition coefficient (Wildman–Crippen LogP) is 1.67. The second-order valence-electron chi connectivity index (χ2n) is 1.96. The normalized spacial score (nSPS) is 10.0. The molecule has 0 atom stereocenters. The SMILES string of the molecule is c1coc(-c2cn[nH]c2)c1. The van der Waals surface area contributed by atoms with Crippen molar-refractivity contribution >= 4 is 0 Å². The van der Waals surface area contributed by atoms with Gasteiger partial charge in [0.1, 0.15) is 5.76 Å². The van der Waals surface area contributed by atoms with Crippen molar-refractivity contribution in [2.24, 2.45) is 0 Å². The van der Waals surface area contributed by atoms with Crippen LogP contribution in [0.4, 0.5) is 0 Å². The first-order valence-corrected chi connectivity index (χ1v) is 2.99. The number of nitrogens with one attached hydrogen (secondary N) is 1. The first-order valence-electron chi connectivity index (χ1n) is 2.99. The maximum absolute atomic E-state index is 5.12. The topological polar surface area (TPSA) is 41.8 Å². The summed E-state index contributed by atoms with van der Waals surface area (Å²) in [6.45, 7) is 0. The third kappa shape index (κ3) is 0.719. The summed E-state index contributed by atoms with van der Waals surface area (Å²) in [6, 6.07) is 3.74. The number of aromatic amines is 1. The second kappa shape index (κ2) is 2.02. The Labute approximate surface area is 57.7 Å². The van der Waals surface area contributed by atoms with Gasteiger partial charge in [-0.05, 0) is 12.1 Å². The maximum atomic E-state index is 5.12. The summed E-state index contributed by atoms with van der Waals surface area (Å²) in [6.07, 6.45) is 5.15. The first-order chi connectivity index (χ1) is 4.97. The summed E-state index contributed by atoms with van der Waals surface area (Å²) in [5.74, 6) is 0.841. The molecule has 0 aliphatic heterocycles. The standard InChI is InChI=1S/C7H6N2O/c1-2-7(10-3-1)6-4-8-9-5-6/h1-5H,(H,8,9). The lowest BCUT2D eigenvalue weighted by Gasteiger charge is -1.83. The smallest absolute Gasteiger partial charge is 0.136 e. The average Bonchev–Trinajstić information content (AvgIpc) is 2.59. The minimum absolute atomic E-state index is 0.841. The molecule has 0 spiro atoms. The number of furan rings is 1. The zero-order valence-corrected chi connectivity index (χ0v) is 5.24. The van der Waals surface area contributed by atoms with Gasteiger partial charge in [-0.2, -0.15) is 5.10 Å². The Balaban J connectivity index is 2.48. The van der Waals surface area contributed by atoms with Crippen LogP contribution in [0.25, 0.3) is 11.3 Å². The van der Waals surface area contributed by atoms with Gasteiger partial charge in [-0.25, -0.2) is 0 Å². The van der Waals surface area contributed by atoms with Crippen LogP contribution in [0.3, 0.4) is 0 Å². The van der Waals surface area contributed by atoms with Crippen LogP contribution in [0.1, 0.15) is 0 Å². The highest BCUT2D eigenvalue weighted by molar-refractivity contribution is 5.53. The van der Waals surface area contributed by atoms with Gasteiger partial charge in [0.2, 0.25) is 0 Å². The van der Waals surface area contributed by atoms with E-state index in [1.165, 1.54) is 0 Å². The molecule has 0 aliphatic rings. The van der Waals surface area contributed by atoms with E-state index in [0.717, 1.165) is 11.3 Å². The molecule has 0 fully saturated rings. The number of rotatable bonds is 1. The van der Waals surface area contributed by atoms with Crippen LogP contribution in [0.15, 0.2) is 35.2 Å². The van der Waals surface area contributed by atoms with Crippen molar-refractivity contribution in [2.75, 3.05) is 0 Å². The van der Waals surface area contributed by atoms with Crippen LogP contribution >= 0.6 is 0 Å². The minimum atomic E-state index is 0.841. The van der Waals surface area contributed by atoms with Crippen LogP contribution in [0.5, 0.6) is 0 Å². The molecule has 50 valence electrons. The van der Waals surface area contributed by atoms with E-state index in [1.54, 1.807) is 18.7 Å². The van der Waals surface area contributed by atoms with Gasteiger partial charge in [0.05, 0.1) is 18.0 Å². The highest BCUT2D eigenvalue weighted by Crippen LogP contribution is 2.16. The Hall–Kier alpha value is -1.51. The van der Waals surface area contributed by atoms with Crippen LogP contribution in [0, 0.1) is 0 Å². The predicted molar refractivity (Wildman–Crippen MR) is 36.3 cm³/mol. The summed E-state index contributed by atoms with van der Waals surface area (Å²) >= 11 is 0. The molecule has 0 radical (unpaired) electrons. The molecule has 2 aromatic rings. The van der Waals surface area contributed by atoms with Gasteiger partial charge in [0.25, 0.3) is 0 Å². The van der Waals surface area contributed by atoms with Crippen LogP contribution in [0.2, 0.25) is 0 Å². The van der Waals surface area contributed by atoms with E-state index in [4.69, 9.17) is 4.42 Å². The summed E-state index contributed by atoms with van der Waals surface area (Å²) in [7, 11) is 0. The zero-order valence-electron chi connectivity index (χ0n) is 5.24. The van der Waals surface area contributed by atoms with E-state index in [9.17, 15) is 0 Å². The number of hydrogen-bond donors (Lipinski definition) is 1. The summed E-state index contributed by atoms with van der Waals surface area (Å²) < 4.78 is 5.12. The highest BCUT2D eigenvalue weighted by atomic mass is 16.3. The molecule has 0 amide bonds. The molecule has 0 saturated heterocycles. The van der Waals surface area contributed by atoms with Gasteiger partial charge >= 0.3 is 0 Å². The fourth-order valence-electron chi connectivity index (χ4n) is 0.828. The third-order valence-corrected chi connectivity index (χ3v) is 1.30. The summed E-state index contributed by atoms with van der Waals surface area (Å²) in [4.78, 5) is 0. The Morgan fingerprint density at radius 3 is 3.10 bits per heavy atom. The molecule has 0 aromatic carbocycles. The third-order valence-electron chi connectivity index (χ3n) is 1.30. The maximum Gasteiger partial charge on any atom is 0.136 e. The number of aromatic nitrogens is 2. The van der Waals surface area contributed by atoms with E-state index >= 15 is 0 Å². The molecule has 1 N–H and O–H groups in total.